The van der Waals surface area contributed by atoms with E-state index in [2.05, 4.69) is 60.7 Å². The summed E-state index contributed by atoms with van der Waals surface area (Å²) in [5, 5.41) is 11.7. The van der Waals surface area contributed by atoms with Gasteiger partial charge in [0.1, 0.15) is 11.6 Å². The van der Waals surface area contributed by atoms with E-state index in [1.165, 1.54) is 22.3 Å². The van der Waals surface area contributed by atoms with Crippen LogP contribution >= 0.6 is 0 Å². The number of alkyl halides is 3. The molecule has 0 saturated carbocycles. The third kappa shape index (κ3) is 5.88. The van der Waals surface area contributed by atoms with E-state index in [1.54, 1.807) is 13.2 Å². The largest absolute Gasteiger partial charge is 0.400 e. The fourth-order valence-electron chi connectivity index (χ4n) is 7.95. The van der Waals surface area contributed by atoms with Crippen molar-refractivity contribution < 1.29 is 23.0 Å². The minimum atomic E-state index is -4.34. The van der Waals surface area contributed by atoms with Crippen LogP contribution in [0.1, 0.15) is 52.4 Å². The number of piperazine rings is 1. The molecule has 0 aromatic rings. The van der Waals surface area contributed by atoms with Gasteiger partial charge in [-0.3, -0.25) is 9.80 Å². The van der Waals surface area contributed by atoms with Crippen LogP contribution in [-0.4, -0.2) is 89.7 Å². The second-order valence-corrected chi connectivity index (χ2v) is 12.8. The first-order valence-corrected chi connectivity index (χ1v) is 15.2. The first-order valence-electron chi connectivity index (χ1n) is 15.2. The van der Waals surface area contributed by atoms with Crippen LogP contribution < -0.4 is 0 Å². The maximum absolute atomic E-state index is 13.8. The fraction of sp³-hybridized carbons (Fsp3) is 0.588. The van der Waals surface area contributed by atoms with E-state index in [9.17, 15) is 18.3 Å². The van der Waals surface area contributed by atoms with E-state index in [1.807, 2.05) is 17.9 Å². The summed E-state index contributed by atoms with van der Waals surface area (Å²) >= 11 is 0. The Morgan fingerprint density at radius 3 is 2.55 bits per heavy atom. The minimum Gasteiger partial charge on any atom is -0.376 e. The first kappa shape index (κ1) is 31.0. The Morgan fingerprint density at radius 1 is 1.17 bits per heavy atom. The van der Waals surface area contributed by atoms with Gasteiger partial charge in [-0.25, -0.2) is 0 Å². The number of halogens is 3. The summed E-state index contributed by atoms with van der Waals surface area (Å²) in [5.74, 6) is -1.63. The number of hydrogen-bond acceptors (Lipinski definition) is 5. The van der Waals surface area contributed by atoms with Crippen molar-refractivity contribution in [2.45, 2.75) is 82.0 Å². The molecule has 230 valence electrons. The highest BCUT2D eigenvalue weighted by Crippen LogP contribution is 2.47. The second-order valence-electron chi connectivity index (χ2n) is 12.8. The molecule has 2 saturated heterocycles. The van der Waals surface area contributed by atoms with Gasteiger partial charge in [0.15, 0.2) is 0 Å². The zero-order chi connectivity index (χ0) is 30.3. The lowest BCUT2D eigenvalue weighted by molar-refractivity contribution is -0.161. The summed E-state index contributed by atoms with van der Waals surface area (Å²) in [6.07, 6.45) is 15.8. The molecule has 8 heteroatoms. The molecule has 0 amide bonds. The Balaban J connectivity index is 1.25. The number of nitrogens with zero attached hydrogens (tertiary/aromatic N) is 3. The van der Waals surface area contributed by atoms with Crippen molar-refractivity contribution in [3.05, 3.63) is 83.2 Å². The molecule has 1 spiro atoms. The Morgan fingerprint density at radius 2 is 1.90 bits per heavy atom. The van der Waals surface area contributed by atoms with E-state index in [0.29, 0.717) is 38.2 Å². The number of fused-ring (bicyclic) bond motifs is 2. The van der Waals surface area contributed by atoms with Crippen molar-refractivity contribution in [1.82, 2.24) is 14.7 Å². The lowest BCUT2D eigenvalue weighted by Crippen LogP contribution is -2.69. The molecular weight excluding hydrogens is 539 g/mol. The monoisotopic (exact) mass is 585 g/mol. The quantitative estimate of drug-likeness (QED) is 0.356. The molecule has 4 unspecified atom stereocenters. The van der Waals surface area contributed by atoms with E-state index < -0.39 is 17.8 Å². The van der Waals surface area contributed by atoms with Crippen LogP contribution in [0, 0.1) is 5.92 Å². The van der Waals surface area contributed by atoms with Gasteiger partial charge in [-0.15, -0.1) is 6.58 Å². The van der Waals surface area contributed by atoms with Crippen molar-refractivity contribution in [3.8, 4) is 0 Å². The zero-order valence-electron chi connectivity index (χ0n) is 25.5. The summed E-state index contributed by atoms with van der Waals surface area (Å²) in [6.45, 7) is 10.3. The Bertz CT molecular complexity index is 1230. The van der Waals surface area contributed by atoms with Gasteiger partial charge < -0.3 is 14.7 Å². The number of allylic oxidation sites excluding steroid dienone is 8. The van der Waals surface area contributed by atoms with Crippen LogP contribution in [0.5, 0.6) is 0 Å². The Kier molecular flexibility index (Phi) is 8.83. The number of methoxy groups -OCH3 is 1. The molecule has 42 heavy (non-hydrogen) atoms. The highest BCUT2D eigenvalue weighted by molar-refractivity contribution is 5.51. The number of rotatable bonds is 7. The molecule has 0 aromatic heterocycles. The van der Waals surface area contributed by atoms with Crippen molar-refractivity contribution in [2.24, 2.45) is 5.92 Å². The summed E-state index contributed by atoms with van der Waals surface area (Å²) in [4.78, 5) is 6.56. The molecule has 3 aliphatic heterocycles. The summed E-state index contributed by atoms with van der Waals surface area (Å²) in [6, 6.07) is 0.0109. The van der Waals surface area contributed by atoms with Crippen LogP contribution in [0.4, 0.5) is 13.2 Å². The van der Waals surface area contributed by atoms with Gasteiger partial charge in [-0.1, -0.05) is 54.2 Å². The number of likely N-dealkylation sites (tertiary alicyclic amines) is 1. The molecular formula is C34H46F3N3O2. The topological polar surface area (TPSA) is 39.2 Å². The van der Waals surface area contributed by atoms with Crippen LogP contribution in [0.25, 0.3) is 0 Å². The van der Waals surface area contributed by atoms with Crippen molar-refractivity contribution >= 4 is 0 Å². The van der Waals surface area contributed by atoms with Crippen LogP contribution in [0.2, 0.25) is 0 Å². The maximum atomic E-state index is 13.8. The lowest BCUT2D eigenvalue weighted by Gasteiger charge is -2.59. The van der Waals surface area contributed by atoms with Gasteiger partial charge in [-0.2, -0.15) is 13.2 Å². The maximum Gasteiger partial charge on any atom is 0.400 e. The Hall–Kier alpha value is -2.39. The summed E-state index contributed by atoms with van der Waals surface area (Å²) in [7, 11) is 3.82. The fourth-order valence-corrected chi connectivity index (χ4v) is 7.95. The van der Waals surface area contributed by atoms with Crippen LogP contribution in [0.3, 0.4) is 0 Å². The SMILES string of the molecule is C=CC(C1=CCC2N1CCN(C)C21CCN(C(C)(O)CC2=CC(C)=C(C3=CC=CC(OC)C=C3)CC2)CC1)C(F)(F)F. The van der Waals surface area contributed by atoms with Crippen molar-refractivity contribution in [1.29, 1.82) is 0 Å². The molecule has 0 radical (unpaired) electrons. The van der Waals surface area contributed by atoms with E-state index in [-0.39, 0.29) is 17.7 Å². The van der Waals surface area contributed by atoms with Crippen molar-refractivity contribution in [2.75, 3.05) is 40.3 Å². The summed E-state index contributed by atoms with van der Waals surface area (Å²) in [5.41, 5.74) is 4.17. The van der Waals surface area contributed by atoms with Gasteiger partial charge in [0.2, 0.25) is 0 Å². The predicted molar refractivity (Wildman–Crippen MR) is 162 cm³/mol. The smallest absolute Gasteiger partial charge is 0.376 e. The number of piperidine rings is 1. The molecule has 5 aliphatic rings. The van der Waals surface area contributed by atoms with E-state index in [4.69, 9.17) is 4.74 Å². The van der Waals surface area contributed by atoms with Gasteiger partial charge in [0.25, 0.3) is 0 Å². The molecule has 5 nitrogen and oxygen atoms in total. The van der Waals surface area contributed by atoms with Gasteiger partial charge in [-0.05, 0) is 69.7 Å². The molecule has 2 aliphatic carbocycles. The molecule has 0 bridgehead atoms. The highest BCUT2D eigenvalue weighted by atomic mass is 19.4. The highest BCUT2D eigenvalue weighted by Gasteiger charge is 2.55. The zero-order valence-corrected chi connectivity index (χ0v) is 25.5. The number of ether oxygens (including phenoxy) is 1. The van der Waals surface area contributed by atoms with Gasteiger partial charge in [0.05, 0.1) is 12.1 Å². The second kappa shape index (κ2) is 11.9. The number of aliphatic hydroxyl groups is 1. The summed E-state index contributed by atoms with van der Waals surface area (Å²) < 4.78 is 46.8. The average Bonchev–Trinajstić information content (AvgIpc) is 3.21. The predicted octanol–water partition coefficient (Wildman–Crippen LogP) is 6.29. The lowest BCUT2D eigenvalue weighted by atomic mass is 9.75. The minimum absolute atomic E-state index is 0.0109. The molecule has 2 fully saturated rings. The standard InChI is InChI=1S/C34H46F3N3O2/c1-6-29(34(35,36)37)30-14-15-31-33(38(4)20-21-40(30)31)16-18-39(19-17-33)32(3,41)23-25-10-13-28(24(2)22-25)26-8-7-9-27(42-5)12-11-26/h6-9,11-12,14,22,27,29,31,41H,1,10,13,15-21,23H2,2-5H3. The van der Waals surface area contributed by atoms with Crippen LogP contribution in [0.15, 0.2) is 83.2 Å². The van der Waals surface area contributed by atoms with Crippen LogP contribution in [-0.2, 0) is 4.74 Å². The molecule has 0 aromatic carbocycles. The number of hydrogen-bond donors (Lipinski definition) is 1. The van der Waals surface area contributed by atoms with Gasteiger partial charge in [0, 0.05) is 50.9 Å². The molecule has 5 rings (SSSR count). The van der Waals surface area contributed by atoms with Crippen molar-refractivity contribution in [3.63, 3.8) is 0 Å². The average molecular weight is 586 g/mol. The van der Waals surface area contributed by atoms with E-state index in [0.717, 1.165) is 38.3 Å². The third-order valence-electron chi connectivity index (χ3n) is 10.3. The normalized spacial score (nSPS) is 29.0. The molecule has 3 heterocycles. The molecule has 1 N–H and O–H groups in total. The number of likely N-dealkylation sites (N-methyl/N-ethyl adjacent to an activating group) is 1. The first-order chi connectivity index (χ1) is 19.9. The third-order valence-corrected chi connectivity index (χ3v) is 10.3. The van der Waals surface area contributed by atoms with Gasteiger partial charge >= 0.3 is 6.18 Å². The Labute approximate surface area is 249 Å². The van der Waals surface area contributed by atoms with E-state index >= 15 is 0 Å². The molecule has 4 atom stereocenters.